The van der Waals surface area contributed by atoms with Gasteiger partial charge in [0, 0.05) is 13.1 Å². The smallest absolute Gasteiger partial charge is 0.227 e. The van der Waals surface area contributed by atoms with E-state index in [1.807, 2.05) is 11.8 Å². The number of aliphatic hydroxyl groups excluding tert-OH is 1. The summed E-state index contributed by atoms with van der Waals surface area (Å²) in [5.41, 5.74) is 3.54. The maximum absolute atomic E-state index is 12.5. The van der Waals surface area contributed by atoms with Gasteiger partial charge in [0.15, 0.2) is 0 Å². The minimum Gasteiger partial charge on any atom is -0.396 e. The van der Waals surface area contributed by atoms with E-state index in [-0.39, 0.29) is 23.8 Å². The zero-order valence-corrected chi connectivity index (χ0v) is 17.6. The van der Waals surface area contributed by atoms with Crippen LogP contribution in [0.1, 0.15) is 83.3 Å². The normalized spacial score (nSPS) is 23.6. The molecule has 3 nitrogen and oxygen atoms in total. The number of benzene rings is 1. The molecule has 1 spiro atoms. The van der Waals surface area contributed by atoms with Gasteiger partial charge >= 0.3 is 0 Å². The molecule has 1 saturated carbocycles. The van der Waals surface area contributed by atoms with E-state index in [9.17, 15) is 9.90 Å². The molecule has 150 valence electrons. The van der Waals surface area contributed by atoms with Crippen LogP contribution in [0.5, 0.6) is 0 Å². The van der Waals surface area contributed by atoms with Crippen molar-refractivity contribution < 1.29 is 9.90 Å². The Hall–Kier alpha value is -1.35. The molecule has 1 aliphatic heterocycles. The fraction of sp³-hybridized carbons (Fsp3) is 0.708. The second-order valence-electron chi connectivity index (χ2n) is 9.93. The average molecular weight is 372 g/mol. The van der Waals surface area contributed by atoms with Crippen molar-refractivity contribution in [2.75, 3.05) is 19.7 Å². The van der Waals surface area contributed by atoms with Gasteiger partial charge in [-0.05, 0) is 66.4 Å². The minimum atomic E-state index is -0.212. The van der Waals surface area contributed by atoms with Gasteiger partial charge in [0.2, 0.25) is 5.91 Å². The third kappa shape index (κ3) is 4.39. The summed E-state index contributed by atoms with van der Waals surface area (Å²) >= 11 is 0. The van der Waals surface area contributed by atoms with E-state index in [0.717, 1.165) is 32.4 Å². The third-order valence-corrected chi connectivity index (χ3v) is 7.12. The van der Waals surface area contributed by atoms with E-state index in [1.165, 1.54) is 30.4 Å². The minimum absolute atomic E-state index is 0.0246. The SMILES string of the molecule is CC[C@H](CO)C(=O)N1CCC2(CCC(c3cccc(C(C)(C)C)c3)C2)CC1. The van der Waals surface area contributed by atoms with Crippen LogP contribution in [0.2, 0.25) is 0 Å². The van der Waals surface area contributed by atoms with Crippen LogP contribution in [0, 0.1) is 11.3 Å². The van der Waals surface area contributed by atoms with Crippen LogP contribution in [0.4, 0.5) is 0 Å². The number of amides is 1. The van der Waals surface area contributed by atoms with Gasteiger partial charge in [0.1, 0.15) is 0 Å². The van der Waals surface area contributed by atoms with Crippen molar-refractivity contribution in [1.29, 1.82) is 0 Å². The summed E-state index contributed by atoms with van der Waals surface area (Å²) in [6.45, 7) is 10.5. The van der Waals surface area contributed by atoms with Gasteiger partial charge in [-0.15, -0.1) is 0 Å². The van der Waals surface area contributed by atoms with E-state index >= 15 is 0 Å². The number of hydrogen-bond donors (Lipinski definition) is 1. The lowest BCUT2D eigenvalue weighted by Gasteiger charge is -2.40. The van der Waals surface area contributed by atoms with Crippen molar-refractivity contribution in [1.82, 2.24) is 4.90 Å². The maximum atomic E-state index is 12.5. The molecule has 1 aromatic carbocycles. The number of nitrogens with zero attached hydrogens (tertiary/aromatic N) is 1. The second kappa shape index (κ2) is 7.95. The van der Waals surface area contributed by atoms with Crippen LogP contribution in [-0.2, 0) is 10.2 Å². The van der Waals surface area contributed by atoms with Crippen LogP contribution < -0.4 is 0 Å². The largest absolute Gasteiger partial charge is 0.396 e. The number of likely N-dealkylation sites (tertiary alicyclic amines) is 1. The number of carbonyl (C=O) groups excluding carboxylic acids is 1. The van der Waals surface area contributed by atoms with Crippen molar-refractivity contribution in [3.8, 4) is 0 Å². The molecule has 0 aromatic heterocycles. The van der Waals surface area contributed by atoms with Gasteiger partial charge in [0.05, 0.1) is 12.5 Å². The molecule has 2 aliphatic rings. The van der Waals surface area contributed by atoms with Crippen molar-refractivity contribution in [2.24, 2.45) is 11.3 Å². The third-order valence-electron chi connectivity index (χ3n) is 7.12. The molecule has 27 heavy (non-hydrogen) atoms. The number of hydrogen-bond acceptors (Lipinski definition) is 2. The van der Waals surface area contributed by atoms with Crippen LogP contribution in [0.25, 0.3) is 0 Å². The first-order valence-electron chi connectivity index (χ1n) is 10.8. The fourth-order valence-corrected chi connectivity index (χ4v) is 5.05. The molecule has 0 radical (unpaired) electrons. The molecule has 1 aliphatic carbocycles. The molecule has 1 aromatic rings. The lowest BCUT2D eigenvalue weighted by molar-refractivity contribution is -0.139. The van der Waals surface area contributed by atoms with Crippen LogP contribution in [0.15, 0.2) is 24.3 Å². The van der Waals surface area contributed by atoms with E-state index in [1.54, 1.807) is 0 Å². The number of rotatable bonds is 4. The molecule has 2 atom stereocenters. The predicted octanol–water partition coefficient (Wildman–Crippen LogP) is 4.88. The highest BCUT2D eigenvalue weighted by atomic mass is 16.3. The number of carbonyl (C=O) groups is 1. The zero-order chi connectivity index (χ0) is 19.7. The molecular weight excluding hydrogens is 334 g/mol. The van der Waals surface area contributed by atoms with Gasteiger partial charge in [0.25, 0.3) is 0 Å². The standard InChI is InChI=1S/C24H37NO2/c1-5-18(17-26)22(27)25-13-11-24(12-14-25)10-9-20(16-24)19-7-6-8-21(15-19)23(2,3)4/h6-8,15,18,20,26H,5,9-14,16-17H2,1-4H3/t18-,20?/m1/s1. The first-order chi connectivity index (χ1) is 12.8. The van der Waals surface area contributed by atoms with E-state index in [4.69, 9.17) is 0 Å². The Balaban J connectivity index is 1.63. The molecule has 1 unspecified atom stereocenters. The van der Waals surface area contributed by atoms with E-state index in [0.29, 0.717) is 11.3 Å². The number of aliphatic hydroxyl groups is 1. The number of piperidine rings is 1. The summed E-state index contributed by atoms with van der Waals surface area (Å²) in [6, 6.07) is 9.21. The van der Waals surface area contributed by atoms with Crippen LogP contribution in [0.3, 0.4) is 0 Å². The fourth-order valence-electron chi connectivity index (χ4n) is 5.05. The van der Waals surface area contributed by atoms with E-state index < -0.39 is 0 Å². The molecule has 1 saturated heterocycles. The Kier molecular flexibility index (Phi) is 6.00. The van der Waals surface area contributed by atoms with Crippen molar-refractivity contribution in [3.63, 3.8) is 0 Å². The summed E-state index contributed by atoms with van der Waals surface area (Å²) in [4.78, 5) is 14.6. The summed E-state index contributed by atoms with van der Waals surface area (Å²) in [5, 5.41) is 9.42. The summed E-state index contributed by atoms with van der Waals surface area (Å²) in [5.74, 6) is 0.605. The molecule has 1 N–H and O–H groups in total. The maximum Gasteiger partial charge on any atom is 0.227 e. The Morgan fingerprint density at radius 3 is 2.56 bits per heavy atom. The Morgan fingerprint density at radius 1 is 1.26 bits per heavy atom. The molecular formula is C24H37NO2. The van der Waals surface area contributed by atoms with Crippen LogP contribution >= 0.6 is 0 Å². The Morgan fingerprint density at radius 2 is 1.96 bits per heavy atom. The molecule has 3 rings (SSSR count). The highest BCUT2D eigenvalue weighted by Crippen LogP contribution is 2.52. The zero-order valence-electron chi connectivity index (χ0n) is 17.6. The lowest BCUT2D eigenvalue weighted by atomic mass is 9.75. The van der Waals surface area contributed by atoms with Gasteiger partial charge in [-0.2, -0.15) is 0 Å². The molecule has 0 bridgehead atoms. The average Bonchev–Trinajstić information content (AvgIpc) is 3.06. The first-order valence-corrected chi connectivity index (χ1v) is 10.8. The van der Waals surface area contributed by atoms with Gasteiger partial charge < -0.3 is 10.0 Å². The van der Waals surface area contributed by atoms with E-state index in [2.05, 4.69) is 45.0 Å². The molecule has 1 amide bonds. The molecule has 2 fully saturated rings. The van der Waals surface area contributed by atoms with Crippen molar-refractivity contribution in [2.45, 2.75) is 77.6 Å². The quantitative estimate of drug-likeness (QED) is 0.819. The Labute approximate surface area is 165 Å². The Bertz CT molecular complexity index is 649. The molecule has 3 heteroatoms. The van der Waals surface area contributed by atoms with Gasteiger partial charge in [-0.1, -0.05) is 52.0 Å². The van der Waals surface area contributed by atoms with Crippen molar-refractivity contribution in [3.05, 3.63) is 35.4 Å². The summed E-state index contributed by atoms with van der Waals surface area (Å²) in [6.07, 6.45) is 6.79. The van der Waals surface area contributed by atoms with Gasteiger partial charge in [-0.25, -0.2) is 0 Å². The summed E-state index contributed by atoms with van der Waals surface area (Å²) < 4.78 is 0. The lowest BCUT2D eigenvalue weighted by Crippen LogP contribution is -2.45. The highest BCUT2D eigenvalue weighted by molar-refractivity contribution is 5.79. The highest BCUT2D eigenvalue weighted by Gasteiger charge is 2.42. The van der Waals surface area contributed by atoms with Crippen molar-refractivity contribution >= 4 is 5.91 Å². The second-order valence-corrected chi connectivity index (χ2v) is 9.93. The first kappa shape index (κ1) is 20.4. The monoisotopic (exact) mass is 371 g/mol. The topological polar surface area (TPSA) is 40.5 Å². The van der Waals surface area contributed by atoms with Gasteiger partial charge in [-0.3, -0.25) is 4.79 Å². The predicted molar refractivity (Wildman–Crippen MR) is 111 cm³/mol. The summed E-state index contributed by atoms with van der Waals surface area (Å²) in [7, 11) is 0. The van der Waals surface area contributed by atoms with Crippen LogP contribution in [-0.4, -0.2) is 35.6 Å². The molecule has 1 heterocycles.